The first-order valence-corrected chi connectivity index (χ1v) is 5.11. The molecule has 2 nitrogen and oxygen atoms in total. The molecule has 0 saturated heterocycles. The van der Waals surface area contributed by atoms with E-state index in [0.29, 0.717) is 0 Å². The highest BCUT2D eigenvalue weighted by atomic mass is 19.3. The van der Waals surface area contributed by atoms with Crippen molar-refractivity contribution in [2.75, 3.05) is 6.54 Å². The summed E-state index contributed by atoms with van der Waals surface area (Å²) in [5, 5.41) is 9.91. The minimum atomic E-state index is -3.16. The van der Waals surface area contributed by atoms with Crippen LogP contribution in [0.25, 0.3) is 0 Å². The maximum atomic E-state index is 13.4. The summed E-state index contributed by atoms with van der Waals surface area (Å²) in [6, 6.07) is 0. The molecule has 2 atom stereocenters. The molecule has 1 aliphatic rings. The standard InChI is InChI=1S/C10H19F2NO/c1-7-3-8(2)5-9(14,4-7)10(11,12)6-13/h7-8,14H,3-6,13H2,1-2H3. The Balaban J connectivity index is 2.82. The molecule has 4 heteroatoms. The summed E-state index contributed by atoms with van der Waals surface area (Å²) < 4.78 is 26.8. The van der Waals surface area contributed by atoms with Crippen molar-refractivity contribution in [3.05, 3.63) is 0 Å². The van der Waals surface area contributed by atoms with Crippen molar-refractivity contribution in [1.82, 2.24) is 0 Å². The number of hydrogen-bond acceptors (Lipinski definition) is 2. The maximum Gasteiger partial charge on any atom is 0.288 e. The van der Waals surface area contributed by atoms with Crippen LogP contribution < -0.4 is 5.73 Å². The molecule has 1 aliphatic carbocycles. The van der Waals surface area contributed by atoms with Gasteiger partial charge in [0.1, 0.15) is 5.60 Å². The molecule has 84 valence electrons. The van der Waals surface area contributed by atoms with Gasteiger partial charge < -0.3 is 10.8 Å². The van der Waals surface area contributed by atoms with Crippen molar-refractivity contribution in [3.63, 3.8) is 0 Å². The Hall–Kier alpha value is -0.220. The van der Waals surface area contributed by atoms with Gasteiger partial charge in [0.05, 0.1) is 6.54 Å². The van der Waals surface area contributed by atoms with Crippen LogP contribution in [0, 0.1) is 11.8 Å². The van der Waals surface area contributed by atoms with E-state index in [4.69, 9.17) is 5.73 Å². The Morgan fingerprint density at radius 1 is 1.36 bits per heavy atom. The van der Waals surface area contributed by atoms with E-state index in [1.165, 1.54) is 0 Å². The van der Waals surface area contributed by atoms with Crippen LogP contribution in [0.4, 0.5) is 8.78 Å². The molecule has 0 amide bonds. The van der Waals surface area contributed by atoms with Crippen molar-refractivity contribution in [1.29, 1.82) is 0 Å². The number of hydrogen-bond donors (Lipinski definition) is 2. The van der Waals surface area contributed by atoms with Gasteiger partial charge in [0.2, 0.25) is 0 Å². The molecule has 0 spiro atoms. The summed E-state index contributed by atoms with van der Waals surface area (Å²) in [6.45, 7) is 3.02. The molecule has 0 aromatic carbocycles. The number of halogens is 2. The minimum Gasteiger partial charge on any atom is -0.384 e. The molecule has 0 aliphatic heterocycles. The van der Waals surface area contributed by atoms with Gasteiger partial charge in [-0.1, -0.05) is 13.8 Å². The summed E-state index contributed by atoms with van der Waals surface area (Å²) in [7, 11) is 0. The molecule has 1 rings (SSSR count). The van der Waals surface area contributed by atoms with E-state index in [2.05, 4.69) is 0 Å². The maximum absolute atomic E-state index is 13.4. The fourth-order valence-corrected chi connectivity index (χ4v) is 2.58. The Morgan fingerprint density at radius 2 is 1.79 bits per heavy atom. The molecule has 0 aromatic heterocycles. The molecule has 14 heavy (non-hydrogen) atoms. The van der Waals surface area contributed by atoms with E-state index in [-0.39, 0.29) is 24.7 Å². The lowest BCUT2D eigenvalue weighted by Gasteiger charge is -2.43. The highest BCUT2D eigenvalue weighted by Gasteiger charge is 2.54. The molecular formula is C10H19F2NO. The van der Waals surface area contributed by atoms with Crippen LogP contribution in [0.2, 0.25) is 0 Å². The van der Waals surface area contributed by atoms with Gasteiger partial charge in [-0.25, -0.2) is 8.78 Å². The van der Waals surface area contributed by atoms with Crippen molar-refractivity contribution in [2.45, 2.75) is 44.6 Å². The Morgan fingerprint density at radius 3 is 2.14 bits per heavy atom. The Labute approximate surface area is 83.5 Å². The van der Waals surface area contributed by atoms with E-state index < -0.39 is 18.1 Å². The third-order valence-corrected chi connectivity index (χ3v) is 3.11. The average Bonchev–Trinajstić information content (AvgIpc) is 2.01. The third kappa shape index (κ3) is 2.06. The number of aliphatic hydroxyl groups is 1. The molecule has 0 bridgehead atoms. The number of alkyl halides is 2. The van der Waals surface area contributed by atoms with Crippen LogP contribution >= 0.6 is 0 Å². The lowest BCUT2D eigenvalue weighted by molar-refractivity contribution is -0.202. The SMILES string of the molecule is CC1CC(C)CC(O)(C(F)(F)CN)C1. The quantitative estimate of drug-likeness (QED) is 0.725. The van der Waals surface area contributed by atoms with Crippen molar-refractivity contribution in [2.24, 2.45) is 17.6 Å². The lowest BCUT2D eigenvalue weighted by atomic mass is 9.71. The summed E-state index contributed by atoms with van der Waals surface area (Å²) in [4.78, 5) is 0. The molecule has 0 heterocycles. The molecule has 3 N–H and O–H groups in total. The molecule has 0 aromatic rings. The van der Waals surface area contributed by atoms with Gasteiger partial charge in [0, 0.05) is 0 Å². The van der Waals surface area contributed by atoms with E-state index in [1.807, 2.05) is 13.8 Å². The van der Waals surface area contributed by atoms with Crippen molar-refractivity contribution >= 4 is 0 Å². The summed E-state index contributed by atoms with van der Waals surface area (Å²) in [6.07, 6.45) is 1.21. The van der Waals surface area contributed by atoms with Gasteiger partial charge in [-0.15, -0.1) is 0 Å². The average molecular weight is 207 g/mol. The number of rotatable bonds is 2. The topological polar surface area (TPSA) is 46.2 Å². The van der Waals surface area contributed by atoms with E-state index in [1.54, 1.807) is 0 Å². The van der Waals surface area contributed by atoms with Crippen LogP contribution in [-0.2, 0) is 0 Å². The minimum absolute atomic E-state index is 0.140. The van der Waals surface area contributed by atoms with Crippen LogP contribution in [0.3, 0.4) is 0 Å². The lowest BCUT2D eigenvalue weighted by Crippen LogP contribution is -2.56. The third-order valence-electron chi connectivity index (χ3n) is 3.11. The van der Waals surface area contributed by atoms with Crippen molar-refractivity contribution < 1.29 is 13.9 Å². The van der Waals surface area contributed by atoms with Gasteiger partial charge in [0.25, 0.3) is 5.92 Å². The first-order chi connectivity index (χ1) is 6.31. The van der Waals surface area contributed by atoms with Crippen molar-refractivity contribution in [3.8, 4) is 0 Å². The molecule has 1 fully saturated rings. The van der Waals surface area contributed by atoms with Crippen LogP contribution in [0.1, 0.15) is 33.1 Å². The van der Waals surface area contributed by atoms with Gasteiger partial charge in [-0.3, -0.25) is 0 Å². The monoisotopic (exact) mass is 207 g/mol. The Bertz CT molecular complexity index is 198. The first-order valence-electron chi connectivity index (χ1n) is 5.11. The van der Waals surface area contributed by atoms with E-state index in [9.17, 15) is 13.9 Å². The zero-order valence-corrected chi connectivity index (χ0v) is 8.76. The van der Waals surface area contributed by atoms with E-state index >= 15 is 0 Å². The smallest absolute Gasteiger partial charge is 0.288 e. The molecular weight excluding hydrogens is 188 g/mol. The highest BCUT2D eigenvalue weighted by molar-refractivity contribution is 4.98. The summed E-state index contributed by atoms with van der Waals surface area (Å²) in [5.41, 5.74) is 3.11. The molecule has 0 radical (unpaired) electrons. The van der Waals surface area contributed by atoms with Crippen LogP contribution in [0.5, 0.6) is 0 Å². The van der Waals surface area contributed by atoms with E-state index in [0.717, 1.165) is 6.42 Å². The highest BCUT2D eigenvalue weighted by Crippen LogP contribution is 2.44. The van der Waals surface area contributed by atoms with Gasteiger partial charge in [-0.2, -0.15) is 0 Å². The number of nitrogens with two attached hydrogens (primary N) is 1. The second-order valence-electron chi connectivity index (χ2n) is 4.79. The zero-order chi connectivity index (χ0) is 11.0. The second kappa shape index (κ2) is 3.74. The summed E-state index contributed by atoms with van der Waals surface area (Å²) in [5.74, 6) is -2.88. The summed E-state index contributed by atoms with van der Waals surface area (Å²) >= 11 is 0. The normalized spacial score (nSPS) is 39.9. The first kappa shape index (κ1) is 11.9. The second-order valence-corrected chi connectivity index (χ2v) is 4.79. The largest absolute Gasteiger partial charge is 0.384 e. The molecule has 2 unspecified atom stereocenters. The van der Waals surface area contributed by atoms with Gasteiger partial charge in [-0.05, 0) is 31.1 Å². The fraction of sp³-hybridized carbons (Fsp3) is 1.00. The predicted octanol–water partition coefficient (Wildman–Crippen LogP) is 1.77. The Kier molecular flexibility index (Phi) is 3.17. The zero-order valence-electron chi connectivity index (χ0n) is 8.76. The molecule has 1 saturated carbocycles. The fourth-order valence-electron chi connectivity index (χ4n) is 2.58. The predicted molar refractivity (Wildman–Crippen MR) is 51.1 cm³/mol. The van der Waals surface area contributed by atoms with Crippen LogP contribution in [-0.4, -0.2) is 23.2 Å². The van der Waals surface area contributed by atoms with Crippen LogP contribution in [0.15, 0.2) is 0 Å². The van der Waals surface area contributed by atoms with Gasteiger partial charge in [0.15, 0.2) is 0 Å². The van der Waals surface area contributed by atoms with Gasteiger partial charge >= 0.3 is 0 Å².